The van der Waals surface area contributed by atoms with E-state index in [1.807, 2.05) is 30.3 Å². The Balaban J connectivity index is 1.55. The van der Waals surface area contributed by atoms with Crippen molar-refractivity contribution >= 4 is 45.5 Å². The molecule has 2 N–H and O–H groups in total. The number of ether oxygens (including phenoxy) is 1. The molecule has 0 saturated heterocycles. The molecule has 0 aliphatic rings. The van der Waals surface area contributed by atoms with Crippen LogP contribution in [0.25, 0.3) is 28.0 Å². The van der Waals surface area contributed by atoms with Crippen molar-refractivity contribution in [3.05, 3.63) is 77.9 Å². The van der Waals surface area contributed by atoms with E-state index in [9.17, 15) is 9.59 Å². The Bertz CT molecular complexity index is 1270. The number of carbonyl (C=O) groups is 2. The predicted octanol–water partition coefficient (Wildman–Crippen LogP) is 4.61. The fourth-order valence-electron chi connectivity index (χ4n) is 3.25. The minimum absolute atomic E-state index is 0.156. The highest BCUT2D eigenvalue weighted by atomic mass is 16.5. The van der Waals surface area contributed by atoms with Crippen molar-refractivity contribution in [2.75, 3.05) is 19.5 Å². The summed E-state index contributed by atoms with van der Waals surface area (Å²) in [5.74, 6) is 0.0845. The number of para-hydroxylation sites is 1. The lowest BCUT2D eigenvalue weighted by atomic mass is 10.1. The first-order valence-electron chi connectivity index (χ1n) is 9.39. The summed E-state index contributed by atoms with van der Waals surface area (Å²) in [7, 11) is 3.14. The number of hydrogen-bond donors (Lipinski definition) is 2. The number of amides is 2. The largest absolute Gasteiger partial charge is 0.495 e. The van der Waals surface area contributed by atoms with Gasteiger partial charge in [-0.1, -0.05) is 30.3 Å². The van der Waals surface area contributed by atoms with Crippen molar-refractivity contribution in [3.63, 3.8) is 0 Å². The lowest BCUT2D eigenvalue weighted by Crippen LogP contribution is -2.17. The van der Waals surface area contributed by atoms with Gasteiger partial charge in [0.2, 0.25) is 5.91 Å². The average Bonchev–Trinajstić information content (AvgIpc) is 3.14. The van der Waals surface area contributed by atoms with Crippen LogP contribution in [0.3, 0.4) is 0 Å². The molecule has 0 fully saturated rings. The lowest BCUT2D eigenvalue weighted by Gasteiger charge is -2.09. The second-order valence-electron chi connectivity index (χ2n) is 6.67. The number of benzene rings is 3. The standard InChI is InChI=1S/C24H20N2O4/c1-25-24(28)16-10-7-15(8-11-16)9-12-23(27)26-19-14-21-18(13-22(19)29-2)17-5-3-4-6-20(17)30-21/h3-14H,1-2H3,(H,25,28)(H,26,27). The molecule has 4 rings (SSSR count). The molecule has 0 atom stereocenters. The summed E-state index contributed by atoms with van der Waals surface area (Å²) in [6.07, 6.45) is 3.10. The fraction of sp³-hybridized carbons (Fsp3) is 0.0833. The second-order valence-corrected chi connectivity index (χ2v) is 6.67. The van der Waals surface area contributed by atoms with E-state index in [-0.39, 0.29) is 11.8 Å². The first-order valence-corrected chi connectivity index (χ1v) is 9.39. The van der Waals surface area contributed by atoms with E-state index in [4.69, 9.17) is 9.15 Å². The third-order valence-electron chi connectivity index (χ3n) is 4.78. The van der Waals surface area contributed by atoms with Crippen molar-refractivity contribution in [1.82, 2.24) is 5.32 Å². The van der Waals surface area contributed by atoms with Gasteiger partial charge in [-0.3, -0.25) is 9.59 Å². The van der Waals surface area contributed by atoms with Gasteiger partial charge in [-0.25, -0.2) is 0 Å². The molecule has 0 aliphatic carbocycles. The molecule has 0 unspecified atom stereocenters. The van der Waals surface area contributed by atoms with Gasteiger partial charge >= 0.3 is 0 Å². The van der Waals surface area contributed by atoms with Crippen LogP contribution in [-0.2, 0) is 4.79 Å². The highest BCUT2D eigenvalue weighted by Gasteiger charge is 2.13. The monoisotopic (exact) mass is 400 g/mol. The second kappa shape index (κ2) is 8.13. The summed E-state index contributed by atoms with van der Waals surface area (Å²) in [6.45, 7) is 0. The van der Waals surface area contributed by atoms with Crippen molar-refractivity contribution in [2.24, 2.45) is 0 Å². The smallest absolute Gasteiger partial charge is 0.251 e. The highest BCUT2D eigenvalue weighted by Crippen LogP contribution is 2.36. The van der Waals surface area contributed by atoms with Gasteiger partial charge in [0, 0.05) is 35.5 Å². The molecule has 6 nitrogen and oxygen atoms in total. The molecule has 150 valence electrons. The van der Waals surface area contributed by atoms with Crippen LogP contribution in [-0.4, -0.2) is 26.0 Å². The maximum absolute atomic E-state index is 12.4. The molecule has 0 aliphatic heterocycles. The molecule has 0 saturated carbocycles. The van der Waals surface area contributed by atoms with Gasteiger partial charge in [0.15, 0.2) is 0 Å². The zero-order valence-corrected chi connectivity index (χ0v) is 16.6. The minimum atomic E-state index is -0.306. The Kier molecular flexibility index (Phi) is 5.22. The van der Waals surface area contributed by atoms with Crippen molar-refractivity contribution < 1.29 is 18.7 Å². The fourth-order valence-corrected chi connectivity index (χ4v) is 3.25. The number of fused-ring (bicyclic) bond motifs is 3. The molecule has 4 aromatic rings. The molecule has 30 heavy (non-hydrogen) atoms. The summed E-state index contributed by atoms with van der Waals surface area (Å²) < 4.78 is 11.3. The molecule has 0 spiro atoms. The predicted molar refractivity (Wildman–Crippen MR) is 118 cm³/mol. The number of furan rings is 1. The lowest BCUT2D eigenvalue weighted by molar-refractivity contribution is -0.111. The number of hydrogen-bond acceptors (Lipinski definition) is 4. The molecular formula is C24H20N2O4. The number of methoxy groups -OCH3 is 1. The molecule has 0 radical (unpaired) electrons. The Labute approximate surface area is 173 Å². The van der Waals surface area contributed by atoms with Gasteiger partial charge in [0.25, 0.3) is 5.91 Å². The summed E-state index contributed by atoms with van der Waals surface area (Å²) in [6, 6.07) is 18.3. The Morgan fingerprint density at radius 2 is 1.73 bits per heavy atom. The van der Waals surface area contributed by atoms with E-state index in [2.05, 4.69) is 10.6 Å². The van der Waals surface area contributed by atoms with Crippen LogP contribution >= 0.6 is 0 Å². The van der Waals surface area contributed by atoms with E-state index in [0.717, 1.165) is 21.9 Å². The van der Waals surface area contributed by atoms with Crippen molar-refractivity contribution in [2.45, 2.75) is 0 Å². The average molecular weight is 400 g/mol. The van der Waals surface area contributed by atoms with E-state index in [1.165, 1.54) is 6.08 Å². The van der Waals surface area contributed by atoms with E-state index < -0.39 is 0 Å². The molecule has 1 aromatic heterocycles. The number of carbonyl (C=O) groups excluding carboxylic acids is 2. The number of anilines is 1. The Morgan fingerprint density at radius 3 is 2.47 bits per heavy atom. The molecular weight excluding hydrogens is 380 g/mol. The van der Waals surface area contributed by atoms with Crippen LogP contribution in [0.5, 0.6) is 5.75 Å². The van der Waals surface area contributed by atoms with Crippen LogP contribution in [0.4, 0.5) is 5.69 Å². The van der Waals surface area contributed by atoms with E-state index in [1.54, 1.807) is 50.6 Å². The first-order chi connectivity index (χ1) is 14.6. The summed E-state index contributed by atoms with van der Waals surface area (Å²) >= 11 is 0. The van der Waals surface area contributed by atoms with E-state index >= 15 is 0 Å². The van der Waals surface area contributed by atoms with Crippen molar-refractivity contribution in [1.29, 1.82) is 0 Å². The maximum atomic E-state index is 12.4. The molecule has 6 heteroatoms. The number of nitrogens with one attached hydrogen (secondary N) is 2. The normalized spacial score (nSPS) is 11.1. The van der Waals surface area contributed by atoms with Gasteiger partial charge in [-0.2, -0.15) is 0 Å². The molecule has 3 aromatic carbocycles. The first kappa shape index (κ1) is 19.3. The number of rotatable bonds is 5. The van der Waals surface area contributed by atoms with Gasteiger partial charge < -0.3 is 19.8 Å². The van der Waals surface area contributed by atoms with Crippen LogP contribution in [0.15, 0.2) is 71.2 Å². The maximum Gasteiger partial charge on any atom is 0.251 e. The van der Waals surface area contributed by atoms with Gasteiger partial charge in [0.1, 0.15) is 16.9 Å². The zero-order chi connectivity index (χ0) is 21.1. The van der Waals surface area contributed by atoms with Crippen LogP contribution in [0.2, 0.25) is 0 Å². The van der Waals surface area contributed by atoms with Crippen LogP contribution in [0, 0.1) is 0 Å². The third-order valence-corrected chi connectivity index (χ3v) is 4.78. The Hall–Kier alpha value is -4.06. The Morgan fingerprint density at radius 1 is 0.967 bits per heavy atom. The molecule has 2 amide bonds. The summed E-state index contributed by atoms with van der Waals surface area (Å²) in [5, 5.41) is 7.31. The van der Waals surface area contributed by atoms with E-state index in [0.29, 0.717) is 22.6 Å². The minimum Gasteiger partial charge on any atom is -0.495 e. The van der Waals surface area contributed by atoms with Gasteiger partial charge in [-0.15, -0.1) is 0 Å². The van der Waals surface area contributed by atoms with Crippen LogP contribution in [0.1, 0.15) is 15.9 Å². The topological polar surface area (TPSA) is 80.6 Å². The highest BCUT2D eigenvalue weighted by molar-refractivity contribution is 6.09. The molecule has 0 bridgehead atoms. The van der Waals surface area contributed by atoms with Crippen molar-refractivity contribution in [3.8, 4) is 5.75 Å². The third kappa shape index (κ3) is 3.75. The van der Waals surface area contributed by atoms with Crippen LogP contribution < -0.4 is 15.4 Å². The summed E-state index contributed by atoms with van der Waals surface area (Å²) in [5.41, 5.74) is 3.33. The molecule has 1 heterocycles. The zero-order valence-electron chi connectivity index (χ0n) is 16.6. The SMILES string of the molecule is CNC(=O)c1ccc(C=CC(=O)Nc2cc3oc4ccccc4c3cc2OC)cc1. The summed E-state index contributed by atoms with van der Waals surface area (Å²) in [4.78, 5) is 24.0. The van der Waals surface area contributed by atoms with Gasteiger partial charge in [-0.05, 0) is 35.9 Å². The van der Waals surface area contributed by atoms with Gasteiger partial charge in [0.05, 0.1) is 12.8 Å². The quantitative estimate of drug-likeness (QED) is 0.480.